The first-order valence-corrected chi connectivity index (χ1v) is 12.1. The highest BCUT2D eigenvalue weighted by atomic mass is 32.2. The highest BCUT2D eigenvalue weighted by Gasteiger charge is 2.23. The summed E-state index contributed by atoms with van der Waals surface area (Å²) in [7, 11) is -0.757. The number of thioether (sulfide) groups is 1. The summed E-state index contributed by atoms with van der Waals surface area (Å²) in [6.07, 6.45) is 0.118. The van der Waals surface area contributed by atoms with Gasteiger partial charge in [0, 0.05) is 29.1 Å². The number of carbonyl (C=O) groups excluding carboxylic acids is 2. The fourth-order valence-electron chi connectivity index (χ4n) is 3.09. The maximum Gasteiger partial charge on any atom is 0.225 e. The van der Waals surface area contributed by atoms with Crippen molar-refractivity contribution in [3.8, 4) is 11.5 Å². The van der Waals surface area contributed by atoms with E-state index < -0.39 is 15.7 Å². The number of anilines is 2. The van der Waals surface area contributed by atoms with Crippen LogP contribution in [0.5, 0.6) is 11.5 Å². The minimum Gasteiger partial charge on any atom is -0.497 e. The number of ether oxygens (including phenoxy) is 2. The van der Waals surface area contributed by atoms with Crippen LogP contribution in [0.3, 0.4) is 0 Å². The van der Waals surface area contributed by atoms with Crippen molar-refractivity contribution in [2.75, 3.05) is 30.6 Å². The van der Waals surface area contributed by atoms with Crippen LogP contribution < -0.4 is 20.1 Å². The fourth-order valence-corrected chi connectivity index (χ4v) is 5.41. The van der Waals surface area contributed by atoms with Gasteiger partial charge in [-0.25, -0.2) is 8.42 Å². The molecule has 2 amide bonds. The molecule has 1 aliphatic heterocycles. The molecule has 10 heteroatoms. The van der Waals surface area contributed by atoms with E-state index in [0.717, 1.165) is 4.90 Å². The van der Waals surface area contributed by atoms with Gasteiger partial charge in [0.1, 0.15) is 11.5 Å². The second-order valence-electron chi connectivity index (χ2n) is 7.02. The lowest BCUT2D eigenvalue weighted by Gasteiger charge is -2.12. The van der Waals surface area contributed by atoms with E-state index in [1.165, 1.54) is 38.1 Å². The number of methoxy groups -OCH3 is 2. The molecule has 1 unspecified atom stereocenters. The molecule has 1 atom stereocenters. The number of amides is 2. The SMILES string of the molecule is COc1ccc(OC)c(NC(=O)CCS(=O)(=O)c2ccc3c(c2)NC(=O)CC(C)S3)c1. The van der Waals surface area contributed by atoms with Crippen molar-refractivity contribution in [2.24, 2.45) is 0 Å². The zero-order valence-corrected chi connectivity index (χ0v) is 19.1. The molecule has 3 rings (SSSR count). The van der Waals surface area contributed by atoms with Crippen molar-refractivity contribution in [1.29, 1.82) is 0 Å². The Hall–Kier alpha value is -2.72. The lowest BCUT2D eigenvalue weighted by molar-refractivity contribution is -0.116. The van der Waals surface area contributed by atoms with E-state index >= 15 is 0 Å². The highest BCUT2D eigenvalue weighted by Crippen LogP contribution is 2.36. The summed E-state index contributed by atoms with van der Waals surface area (Å²) in [5.41, 5.74) is 0.870. The summed E-state index contributed by atoms with van der Waals surface area (Å²) < 4.78 is 35.9. The monoisotopic (exact) mass is 464 g/mol. The number of benzene rings is 2. The van der Waals surface area contributed by atoms with Gasteiger partial charge in [0.05, 0.1) is 36.2 Å². The van der Waals surface area contributed by atoms with Crippen LogP contribution in [0.4, 0.5) is 11.4 Å². The summed E-state index contributed by atoms with van der Waals surface area (Å²) >= 11 is 1.52. The maximum atomic E-state index is 12.8. The number of hydrogen-bond donors (Lipinski definition) is 2. The molecule has 0 saturated carbocycles. The van der Waals surface area contributed by atoms with Crippen molar-refractivity contribution in [2.45, 2.75) is 34.8 Å². The van der Waals surface area contributed by atoms with E-state index in [1.807, 2.05) is 6.92 Å². The Kier molecular flexibility index (Phi) is 7.11. The lowest BCUT2D eigenvalue weighted by Crippen LogP contribution is -2.18. The van der Waals surface area contributed by atoms with Crippen molar-refractivity contribution in [1.82, 2.24) is 0 Å². The molecule has 166 valence electrons. The van der Waals surface area contributed by atoms with Crippen molar-refractivity contribution in [3.63, 3.8) is 0 Å². The summed E-state index contributed by atoms with van der Waals surface area (Å²) in [6.45, 7) is 1.94. The van der Waals surface area contributed by atoms with Crippen molar-refractivity contribution >= 4 is 44.8 Å². The molecule has 0 bridgehead atoms. The minimum absolute atomic E-state index is 0.0634. The van der Waals surface area contributed by atoms with Crippen LogP contribution in [0.2, 0.25) is 0 Å². The Bertz CT molecular complexity index is 1100. The van der Waals surface area contributed by atoms with Gasteiger partial charge in [-0.05, 0) is 30.3 Å². The number of rotatable bonds is 7. The van der Waals surface area contributed by atoms with Crippen molar-refractivity contribution < 1.29 is 27.5 Å². The summed E-state index contributed by atoms with van der Waals surface area (Å²) in [5.74, 6) is -0.0304. The second kappa shape index (κ2) is 9.61. The topological polar surface area (TPSA) is 111 Å². The third-order valence-electron chi connectivity index (χ3n) is 4.66. The maximum absolute atomic E-state index is 12.8. The molecule has 2 aromatic rings. The summed E-state index contributed by atoms with van der Waals surface area (Å²) in [6, 6.07) is 9.59. The van der Waals surface area contributed by atoms with E-state index in [2.05, 4.69) is 10.6 Å². The van der Waals surface area contributed by atoms with Crippen LogP contribution in [0.15, 0.2) is 46.2 Å². The van der Waals surface area contributed by atoms with Gasteiger partial charge in [-0.1, -0.05) is 6.92 Å². The molecule has 1 heterocycles. The van der Waals surface area contributed by atoms with Crippen LogP contribution in [0.1, 0.15) is 19.8 Å². The van der Waals surface area contributed by atoms with Gasteiger partial charge in [0.15, 0.2) is 9.84 Å². The van der Waals surface area contributed by atoms with E-state index in [1.54, 1.807) is 24.3 Å². The first kappa shape index (κ1) is 23.0. The van der Waals surface area contributed by atoms with Gasteiger partial charge in [-0.3, -0.25) is 9.59 Å². The zero-order valence-electron chi connectivity index (χ0n) is 17.4. The minimum atomic E-state index is -3.73. The van der Waals surface area contributed by atoms with Crippen LogP contribution in [-0.4, -0.2) is 45.5 Å². The predicted molar refractivity (Wildman–Crippen MR) is 120 cm³/mol. The quantitative estimate of drug-likeness (QED) is 0.647. The van der Waals surface area contributed by atoms with Crippen molar-refractivity contribution in [3.05, 3.63) is 36.4 Å². The first-order chi connectivity index (χ1) is 14.7. The second-order valence-corrected chi connectivity index (χ2v) is 10.6. The van der Waals surface area contributed by atoms with Gasteiger partial charge in [0.2, 0.25) is 11.8 Å². The molecular weight excluding hydrogens is 440 g/mol. The molecule has 0 fully saturated rings. The van der Waals surface area contributed by atoms with Gasteiger partial charge in [0.25, 0.3) is 0 Å². The van der Waals surface area contributed by atoms with E-state index in [0.29, 0.717) is 29.3 Å². The number of sulfone groups is 1. The molecule has 31 heavy (non-hydrogen) atoms. The molecule has 2 N–H and O–H groups in total. The molecule has 0 saturated heterocycles. The molecule has 0 aliphatic carbocycles. The Balaban J connectivity index is 1.70. The van der Waals surface area contributed by atoms with E-state index in [-0.39, 0.29) is 28.2 Å². The van der Waals surface area contributed by atoms with Gasteiger partial charge in [-0.15, -0.1) is 11.8 Å². The van der Waals surface area contributed by atoms with Gasteiger partial charge >= 0.3 is 0 Å². The first-order valence-electron chi connectivity index (χ1n) is 9.57. The Morgan fingerprint density at radius 2 is 1.97 bits per heavy atom. The standard InChI is InChI=1S/C21H24N2O6S2/c1-13-10-21(25)23-17-12-15(5-7-19(17)30-13)31(26,27)9-8-20(24)22-16-11-14(28-2)4-6-18(16)29-3/h4-7,11-13H,8-10H2,1-3H3,(H,22,24)(H,23,25). The predicted octanol–water partition coefficient (Wildman–Crippen LogP) is 3.33. The Labute approximate surface area is 185 Å². The number of hydrogen-bond acceptors (Lipinski definition) is 7. The van der Waals surface area contributed by atoms with Gasteiger partial charge in [-0.2, -0.15) is 0 Å². The summed E-state index contributed by atoms with van der Waals surface area (Å²) in [5, 5.41) is 5.52. The Morgan fingerprint density at radius 3 is 2.68 bits per heavy atom. The van der Waals surface area contributed by atoms with Gasteiger partial charge < -0.3 is 20.1 Å². The molecule has 0 aromatic heterocycles. The average Bonchev–Trinajstić information content (AvgIpc) is 2.87. The van der Waals surface area contributed by atoms with Crippen LogP contribution in [0, 0.1) is 0 Å². The number of carbonyl (C=O) groups is 2. The normalized spacial score (nSPS) is 16.0. The molecule has 0 spiro atoms. The zero-order chi connectivity index (χ0) is 22.6. The molecule has 8 nitrogen and oxygen atoms in total. The van der Waals surface area contributed by atoms with Crippen LogP contribution >= 0.6 is 11.8 Å². The number of fused-ring (bicyclic) bond motifs is 1. The lowest BCUT2D eigenvalue weighted by atomic mass is 10.2. The average molecular weight is 465 g/mol. The molecule has 1 aliphatic rings. The highest BCUT2D eigenvalue weighted by molar-refractivity contribution is 8.00. The molecule has 0 radical (unpaired) electrons. The van der Waals surface area contributed by atoms with E-state index in [9.17, 15) is 18.0 Å². The largest absolute Gasteiger partial charge is 0.497 e. The third kappa shape index (κ3) is 5.71. The fraction of sp³-hybridized carbons (Fsp3) is 0.333. The smallest absolute Gasteiger partial charge is 0.225 e. The molecule has 2 aromatic carbocycles. The number of nitrogens with one attached hydrogen (secondary N) is 2. The molecular formula is C21H24N2O6S2. The van der Waals surface area contributed by atoms with Crippen LogP contribution in [-0.2, 0) is 19.4 Å². The van der Waals surface area contributed by atoms with E-state index in [4.69, 9.17) is 9.47 Å². The summed E-state index contributed by atoms with van der Waals surface area (Å²) in [4.78, 5) is 25.2. The Morgan fingerprint density at radius 1 is 1.19 bits per heavy atom. The third-order valence-corrected chi connectivity index (χ3v) is 7.56. The van der Waals surface area contributed by atoms with Crippen LogP contribution in [0.25, 0.3) is 0 Å².